The van der Waals surface area contributed by atoms with E-state index in [-0.39, 0.29) is 5.49 Å². The first-order valence-electron chi connectivity index (χ1n) is 3.90. The van der Waals surface area contributed by atoms with Crippen molar-refractivity contribution in [3.63, 3.8) is 0 Å². The molecule has 0 fully saturated rings. The minimum absolute atomic E-state index is 0.0443. The van der Waals surface area contributed by atoms with Crippen LogP contribution in [0, 0.1) is 5.41 Å². The number of nitrogens with one attached hydrogen (secondary N) is 1. The van der Waals surface area contributed by atoms with Crippen LogP contribution >= 0.6 is 0 Å². The van der Waals surface area contributed by atoms with Crippen LogP contribution in [0.5, 0.6) is 0 Å². The Hall–Kier alpha value is -1.85. The van der Waals surface area contributed by atoms with Crippen molar-refractivity contribution >= 4 is 11.2 Å². The maximum Gasteiger partial charge on any atom is 0.192 e. The minimum Gasteiger partial charge on any atom is -0.425 e. The monoisotopic (exact) mass is 179 g/mol. The van der Waals surface area contributed by atoms with Gasteiger partial charge in [0.05, 0.1) is 6.33 Å². The lowest BCUT2D eigenvalue weighted by Gasteiger charge is -1.98. The summed E-state index contributed by atoms with van der Waals surface area (Å²) in [4.78, 5) is 7.95. The summed E-state index contributed by atoms with van der Waals surface area (Å²) in [5.74, 6) is 0. The molecule has 2 N–H and O–H groups in total. The normalized spacial score (nSPS) is 10.8. The van der Waals surface area contributed by atoms with Crippen LogP contribution in [-0.4, -0.2) is 24.5 Å². The number of hydrogen-bond donors (Lipinski definition) is 2. The number of hydrogen-bond acceptors (Lipinski definition) is 4. The molecule has 2 aromatic rings. The number of aryl methyl sites for hydroxylation is 1. The summed E-state index contributed by atoms with van der Waals surface area (Å²) in [6, 6.07) is 0. The van der Waals surface area contributed by atoms with Gasteiger partial charge >= 0.3 is 0 Å². The molecule has 0 spiro atoms. The van der Waals surface area contributed by atoms with Crippen LogP contribution in [0.4, 0.5) is 0 Å². The fourth-order valence-electron chi connectivity index (χ4n) is 1.19. The highest BCUT2D eigenvalue weighted by Crippen LogP contribution is 2.02. The molecule has 0 amide bonds. The molecule has 13 heavy (non-hydrogen) atoms. The first-order chi connectivity index (χ1) is 6.24. The highest BCUT2D eigenvalue weighted by atomic mass is 16.5. The zero-order valence-corrected chi connectivity index (χ0v) is 7.10. The van der Waals surface area contributed by atoms with E-state index < -0.39 is 0 Å². The Morgan fingerprint density at radius 3 is 2.92 bits per heavy atom. The van der Waals surface area contributed by atoms with Gasteiger partial charge in [-0.05, 0) is 6.92 Å². The van der Waals surface area contributed by atoms with Gasteiger partial charge in [0.1, 0.15) is 6.33 Å². The molecule has 0 aliphatic carbocycles. The predicted octanol–water partition coefficient (Wildman–Crippen LogP) is -0.0305. The van der Waals surface area contributed by atoms with E-state index in [1.807, 2.05) is 11.5 Å². The van der Waals surface area contributed by atoms with Crippen molar-refractivity contribution < 1.29 is 5.21 Å². The molecule has 0 unspecified atom stereocenters. The molecule has 0 radical (unpaired) electrons. The maximum atomic E-state index is 9.12. The molecular weight excluding hydrogens is 170 g/mol. The summed E-state index contributed by atoms with van der Waals surface area (Å²) >= 11 is 0. The quantitative estimate of drug-likeness (QED) is 0.603. The zero-order chi connectivity index (χ0) is 9.42. The molecule has 2 rings (SSSR count). The van der Waals surface area contributed by atoms with Crippen molar-refractivity contribution in [3.05, 3.63) is 18.1 Å². The van der Waals surface area contributed by atoms with E-state index in [0.29, 0.717) is 15.9 Å². The average Bonchev–Trinajstić information content (AvgIpc) is 2.55. The Labute approximate surface area is 73.6 Å². The summed E-state index contributed by atoms with van der Waals surface area (Å²) in [6.45, 7) is 2.71. The number of aromatic nitrogens is 4. The number of rotatable bonds is 1. The zero-order valence-electron chi connectivity index (χ0n) is 7.10. The van der Waals surface area contributed by atoms with Gasteiger partial charge in [-0.15, -0.1) is 0 Å². The largest absolute Gasteiger partial charge is 0.425 e. The highest BCUT2D eigenvalue weighted by Gasteiger charge is 2.05. The van der Waals surface area contributed by atoms with Crippen molar-refractivity contribution in [1.29, 1.82) is 5.41 Å². The predicted molar refractivity (Wildman–Crippen MR) is 44.2 cm³/mol. The first kappa shape index (κ1) is 7.78. The molecule has 0 atom stereocenters. The number of nitrogens with zero attached hydrogens (tertiary/aromatic N) is 4. The molecule has 68 valence electrons. The van der Waals surface area contributed by atoms with Crippen LogP contribution in [0.15, 0.2) is 12.7 Å². The van der Waals surface area contributed by atoms with Crippen molar-refractivity contribution in [1.82, 2.24) is 19.3 Å². The SMILES string of the molecule is CCn1cnc2c(=N)n(O)cnc21. The van der Waals surface area contributed by atoms with Crippen LogP contribution in [0.3, 0.4) is 0 Å². The van der Waals surface area contributed by atoms with Crippen molar-refractivity contribution in [3.8, 4) is 0 Å². The molecule has 0 aliphatic heterocycles. The topological polar surface area (TPSA) is 79.7 Å². The van der Waals surface area contributed by atoms with E-state index in [2.05, 4.69) is 9.97 Å². The molecule has 0 bridgehead atoms. The third-order valence-electron chi connectivity index (χ3n) is 1.89. The van der Waals surface area contributed by atoms with E-state index >= 15 is 0 Å². The van der Waals surface area contributed by atoms with Gasteiger partial charge in [0, 0.05) is 6.54 Å². The molecule has 6 heteroatoms. The number of fused-ring (bicyclic) bond motifs is 1. The lowest BCUT2D eigenvalue weighted by molar-refractivity contribution is 0.168. The van der Waals surface area contributed by atoms with Crippen LogP contribution in [-0.2, 0) is 6.54 Å². The molecule has 2 aromatic heterocycles. The second kappa shape index (κ2) is 2.58. The van der Waals surface area contributed by atoms with Crippen LogP contribution in [0.1, 0.15) is 6.92 Å². The van der Waals surface area contributed by atoms with Gasteiger partial charge in [-0.2, -0.15) is 4.73 Å². The Morgan fingerprint density at radius 1 is 1.46 bits per heavy atom. The summed E-state index contributed by atoms with van der Waals surface area (Å²) in [7, 11) is 0. The van der Waals surface area contributed by atoms with E-state index in [1.54, 1.807) is 6.33 Å². The molecule has 6 nitrogen and oxygen atoms in total. The van der Waals surface area contributed by atoms with Gasteiger partial charge in [-0.3, -0.25) is 5.41 Å². The minimum atomic E-state index is -0.0443. The summed E-state index contributed by atoms with van der Waals surface area (Å²) in [5.41, 5.74) is 0.988. The molecule has 0 aliphatic rings. The van der Waals surface area contributed by atoms with E-state index in [4.69, 9.17) is 10.6 Å². The average molecular weight is 179 g/mol. The summed E-state index contributed by atoms with van der Waals surface area (Å²) in [5, 5.41) is 16.6. The third kappa shape index (κ3) is 0.986. The molecule has 2 heterocycles. The highest BCUT2D eigenvalue weighted by molar-refractivity contribution is 5.68. The number of imidazole rings is 1. The molecular formula is C7H9N5O. The fraction of sp³-hybridized carbons (Fsp3) is 0.286. The van der Waals surface area contributed by atoms with Gasteiger partial charge in [0.25, 0.3) is 0 Å². The van der Waals surface area contributed by atoms with Crippen LogP contribution < -0.4 is 5.49 Å². The first-order valence-corrected chi connectivity index (χ1v) is 3.90. The third-order valence-corrected chi connectivity index (χ3v) is 1.89. The fourth-order valence-corrected chi connectivity index (χ4v) is 1.19. The molecule has 0 saturated carbocycles. The van der Waals surface area contributed by atoms with E-state index in [9.17, 15) is 0 Å². The Morgan fingerprint density at radius 2 is 2.23 bits per heavy atom. The van der Waals surface area contributed by atoms with Gasteiger partial charge in [-0.25, -0.2) is 9.97 Å². The maximum absolute atomic E-state index is 9.12. The summed E-state index contributed by atoms with van der Waals surface area (Å²) in [6.07, 6.45) is 2.80. The van der Waals surface area contributed by atoms with Gasteiger partial charge in [0.2, 0.25) is 0 Å². The smallest absolute Gasteiger partial charge is 0.192 e. The van der Waals surface area contributed by atoms with Crippen molar-refractivity contribution in [2.45, 2.75) is 13.5 Å². The Bertz CT molecular complexity index is 497. The molecule has 0 aromatic carbocycles. The van der Waals surface area contributed by atoms with Gasteiger partial charge < -0.3 is 9.77 Å². The Kier molecular flexibility index (Phi) is 1.54. The van der Waals surface area contributed by atoms with Crippen molar-refractivity contribution in [2.75, 3.05) is 0 Å². The lowest BCUT2D eigenvalue weighted by atomic mass is 10.5. The summed E-state index contributed by atoms with van der Waals surface area (Å²) < 4.78 is 2.46. The second-order valence-electron chi connectivity index (χ2n) is 2.64. The van der Waals surface area contributed by atoms with Crippen molar-refractivity contribution in [2.24, 2.45) is 0 Å². The van der Waals surface area contributed by atoms with E-state index in [1.165, 1.54) is 6.33 Å². The van der Waals surface area contributed by atoms with Gasteiger partial charge in [0.15, 0.2) is 16.7 Å². The Balaban J connectivity index is 2.89. The lowest BCUT2D eigenvalue weighted by Crippen LogP contribution is -2.18. The second-order valence-corrected chi connectivity index (χ2v) is 2.64. The van der Waals surface area contributed by atoms with Gasteiger partial charge in [-0.1, -0.05) is 0 Å². The van der Waals surface area contributed by atoms with E-state index in [0.717, 1.165) is 6.54 Å². The molecule has 0 saturated heterocycles. The van der Waals surface area contributed by atoms with Crippen LogP contribution in [0.25, 0.3) is 11.2 Å². The van der Waals surface area contributed by atoms with Crippen LogP contribution in [0.2, 0.25) is 0 Å². The standard InChI is InChI=1S/C7H9N5O/c1-2-11-3-9-5-6(8)12(13)4-10-7(5)11/h3-4,8,13H,2H2,1H3.